The molecule has 7 rings (SSSR count). The van der Waals surface area contributed by atoms with Gasteiger partial charge in [-0.05, 0) is 0 Å². The monoisotopic (exact) mass is 609 g/mol. The van der Waals surface area contributed by atoms with Crippen molar-refractivity contribution in [2.75, 3.05) is 0 Å². The fourth-order valence-corrected chi connectivity index (χ4v) is 10.2. The molecule has 206 valence electrons. The van der Waals surface area contributed by atoms with Gasteiger partial charge in [-0.2, -0.15) is 0 Å². The van der Waals surface area contributed by atoms with Crippen molar-refractivity contribution < 1.29 is 0 Å². The van der Waals surface area contributed by atoms with Crippen LogP contribution in [0, 0.1) is 6.92 Å². The van der Waals surface area contributed by atoms with E-state index in [1.54, 1.807) is 10.0 Å². The summed E-state index contributed by atoms with van der Waals surface area (Å²) in [5.74, 6) is 0. The third kappa shape index (κ3) is 4.56. The standard InChI is InChI=1S/C40H35NSe/c1-5-6-14-29(31-22-27(2)21-30(23-31)28-15-8-7-9-16-28)26-41-36-19-12-10-17-32(36)33-24-39-35(25-37(33)41)40(3,4)34-18-11-13-20-38(34)42-39/h5-23,25-26,39H,1,24H2,2-4H3/b14-6-,29-26+. The first-order chi connectivity index (χ1) is 20.4. The van der Waals surface area contributed by atoms with E-state index >= 15 is 0 Å². The second-order valence-corrected chi connectivity index (χ2v) is 14.5. The number of fused-ring (bicyclic) bond motifs is 5. The van der Waals surface area contributed by atoms with E-state index in [0.717, 1.165) is 12.0 Å². The van der Waals surface area contributed by atoms with E-state index in [0.29, 0.717) is 19.8 Å². The SMILES string of the molecule is C=C/C=C\C(=C/n1c2c(c3ccccc31)CC1[Se]c3ccccc3C(C)(C)C1=C2)c1cc(C)cc(-c2ccccc2)c1. The van der Waals surface area contributed by atoms with Gasteiger partial charge in [0.05, 0.1) is 0 Å². The summed E-state index contributed by atoms with van der Waals surface area (Å²) in [5.41, 5.74) is 13.2. The normalized spacial score (nSPS) is 17.5. The molecule has 1 unspecified atom stereocenters. The third-order valence-electron chi connectivity index (χ3n) is 8.84. The summed E-state index contributed by atoms with van der Waals surface area (Å²) in [7, 11) is 0. The summed E-state index contributed by atoms with van der Waals surface area (Å²) in [6.07, 6.45) is 12.1. The predicted molar refractivity (Wildman–Crippen MR) is 182 cm³/mol. The first-order valence-electron chi connectivity index (χ1n) is 14.7. The molecule has 1 aliphatic heterocycles. The molecule has 5 aromatic rings. The van der Waals surface area contributed by atoms with Crippen molar-refractivity contribution in [3.05, 3.63) is 155 Å². The van der Waals surface area contributed by atoms with Gasteiger partial charge in [-0.3, -0.25) is 0 Å². The molecule has 4 aromatic carbocycles. The van der Waals surface area contributed by atoms with E-state index in [-0.39, 0.29) is 5.41 Å². The van der Waals surface area contributed by atoms with Crippen molar-refractivity contribution >= 4 is 48.2 Å². The van der Waals surface area contributed by atoms with Crippen molar-refractivity contribution in [1.82, 2.24) is 4.57 Å². The van der Waals surface area contributed by atoms with Crippen LogP contribution in [0.5, 0.6) is 0 Å². The fraction of sp³-hybridized carbons (Fsp3) is 0.150. The predicted octanol–water partition coefficient (Wildman–Crippen LogP) is 9.41. The number of allylic oxidation sites excluding steroid dienone is 5. The molecule has 0 N–H and O–H groups in total. The summed E-state index contributed by atoms with van der Waals surface area (Å²) in [6, 6.07) is 35.6. The molecule has 2 aliphatic rings. The van der Waals surface area contributed by atoms with Gasteiger partial charge in [0.25, 0.3) is 0 Å². The second-order valence-electron chi connectivity index (χ2n) is 11.9. The van der Waals surface area contributed by atoms with Gasteiger partial charge in [0.15, 0.2) is 0 Å². The maximum atomic E-state index is 3.98. The van der Waals surface area contributed by atoms with Crippen molar-refractivity contribution in [2.24, 2.45) is 0 Å². The van der Waals surface area contributed by atoms with Crippen LogP contribution in [-0.2, 0) is 11.8 Å². The number of aromatic nitrogens is 1. The van der Waals surface area contributed by atoms with Crippen LogP contribution >= 0.6 is 0 Å². The van der Waals surface area contributed by atoms with E-state index < -0.39 is 0 Å². The Labute approximate surface area is 255 Å². The van der Waals surface area contributed by atoms with Crippen LogP contribution in [0.25, 0.3) is 39.9 Å². The Morgan fingerprint density at radius 1 is 0.905 bits per heavy atom. The Morgan fingerprint density at radius 2 is 1.67 bits per heavy atom. The molecular formula is C40H35NSe. The summed E-state index contributed by atoms with van der Waals surface area (Å²) in [4.78, 5) is 0.587. The van der Waals surface area contributed by atoms with E-state index in [9.17, 15) is 0 Å². The molecule has 1 nitrogen and oxygen atoms in total. The zero-order valence-corrected chi connectivity index (χ0v) is 26.2. The molecule has 1 aliphatic carbocycles. The van der Waals surface area contributed by atoms with Gasteiger partial charge in [-0.15, -0.1) is 0 Å². The minimum absolute atomic E-state index is 0.0106. The zero-order chi connectivity index (χ0) is 28.8. The first kappa shape index (κ1) is 26.8. The minimum atomic E-state index is 0.0106. The van der Waals surface area contributed by atoms with Crippen LogP contribution in [0.2, 0.25) is 4.82 Å². The van der Waals surface area contributed by atoms with Crippen molar-refractivity contribution in [3.8, 4) is 11.1 Å². The van der Waals surface area contributed by atoms with Crippen LogP contribution in [0.15, 0.2) is 127 Å². The van der Waals surface area contributed by atoms with Crippen LogP contribution in [0.1, 0.15) is 41.8 Å². The van der Waals surface area contributed by atoms with E-state index in [2.05, 4.69) is 147 Å². The third-order valence-corrected chi connectivity index (χ3v) is 11.6. The van der Waals surface area contributed by atoms with E-state index in [1.807, 2.05) is 12.2 Å². The number of aryl methyl sites for hydroxylation is 1. The van der Waals surface area contributed by atoms with Gasteiger partial charge in [-0.1, -0.05) is 18.2 Å². The summed E-state index contributed by atoms with van der Waals surface area (Å²) >= 11 is 0.419. The Kier molecular flexibility index (Phi) is 6.77. The van der Waals surface area contributed by atoms with Crippen LogP contribution in [-0.4, -0.2) is 19.5 Å². The van der Waals surface area contributed by atoms with E-state index in [4.69, 9.17) is 0 Å². The van der Waals surface area contributed by atoms with Gasteiger partial charge in [-0.25, -0.2) is 0 Å². The number of nitrogens with zero attached hydrogens (tertiary/aromatic N) is 1. The topological polar surface area (TPSA) is 4.93 Å². The molecule has 1 aromatic heterocycles. The van der Waals surface area contributed by atoms with Crippen molar-refractivity contribution in [2.45, 2.75) is 37.4 Å². The molecule has 0 radical (unpaired) electrons. The number of rotatable bonds is 5. The maximum absolute atomic E-state index is 3.98. The molecule has 0 saturated heterocycles. The number of hydrogen-bond acceptors (Lipinski definition) is 0. The molecule has 2 heteroatoms. The molecule has 0 saturated carbocycles. The molecule has 1 atom stereocenters. The first-order valence-corrected chi connectivity index (χ1v) is 16.6. The Balaban J connectivity index is 1.44. The Morgan fingerprint density at radius 3 is 2.50 bits per heavy atom. The number of para-hydroxylation sites is 1. The average Bonchev–Trinajstić information content (AvgIpc) is 3.31. The Bertz CT molecular complexity index is 1930. The molecule has 2 heterocycles. The van der Waals surface area contributed by atoms with Crippen molar-refractivity contribution in [1.29, 1.82) is 0 Å². The summed E-state index contributed by atoms with van der Waals surface area (Å²) in [5, 5.41) is 1.37. The van der Waals surface area contributed by atoms with Gasteiger partial charge in [0.2, 0.25) is 0 Å². The number of hydrogen-bond donors (Lipinski definition) is 0. The molecule has 0 bridgehead atoms. The molecule has 42 heavy (non-hydrogen) atoms. The second kappa shape index (κ2) is 10.6. The zero-order valence-electron chi connectivity index (χ0n) is 24.5. The van der Waals surface area contributed by atoms with Crippen LogP contribution < -0.4 is 4.46 Å². The molecule has 0 spiro atoms. The van der Waals surface area contributed by atoms with Crippen LogP contribution in [0.3, 0.4) is 0 Å². The van der Waals surface area contributed by atoms with Gasteiger partial charge < -0.3 is 0 Å². The average molecular weight is 609 g/mol. The fourth-order valence-electron chi connectivity index (χ4n) is 6.75. The summed E-state index contributed by atoms with van der Waals surface area (Å²) in [6.45, 7) is 11.0. The van der Waals surface area contributed by atoms with Gasteiger partial charge in [0.1, 0.15) is 0 Å². The quantitative estimate of drug-likeness (QED) is 0.138. The Hall–Kier alpha value is -4.10. The van der Waals surface area contributed by atoms with Crippen molar-refractivity contribution in [3.63, 3.8) is 0 Å². The summed E-state index contributed by atoms with van der Waals surface area (Å²) < 4.78 is 4.01. The van der Waals surface area contributed by atoms with E-state index in [1.165, 1.54) is 50.0 Å². The van der Waals surface area contributed by atoms with Crippen LogP contribution in [0.4, 0.5) is 0 Å². The van der Waals surface area contributed by atoms with Gasteiger partial charge in [0, 0.05) is 0 Å². The molecule has 0 fully saturated rings. The van der Waals surface area contributed by atoms with Gasteiger partial charge >= 0.3 is 238 Å². The molecule has 0 amide bonds. The number of benzene rings is 4. The molecular weight excluding hydrogens is 573 g/mol.